The molecule has 1 aromatic rings. The molecule has 1 heterocycles. The van der Waals surface area contributed by atoms with Crippen LogP contribution in [-0.2, 0) is 16.0 Å². The van der Waals surface area contributed by atoms with Crippen LogP contribution >= 0.6 is 15.9 Å². The summed E-state index contributed by atoms with van der Waals surface area (Å²) in [7, 11) is 0. The highest BCUT2D eigenvalue weighted by Crippen LogP contribution is 2.13. The molecule has 0 saturated carbocycles. The van der Waals surface area contributed by atoms with Crippen LogP contribution in [0.5, 0.6) is 0 Å². The maximum absolute atomic E-state index is 11.1. The summed E-state index contributed by atoms with van der Waals surface area (Å²) < 4.78 is 0.861. The highest BCUT2D eigenvalue weighted by atomic mass is 79.9. The zero-order valence-electron chi connectivity index (χ0n) is 10.0. The Morgan fingerprint density at radius 3 is 2.78 bits per heavy atom. The Balaban J connectivity index is 2.65. The molecule has 2 N–H and O–H groups in total. The van der Waals surface area contributed by atoms with E-state index in [1.54, 1.807) is 12.4 Å². The van der Waals surface area contributed by atoms with Gasteiger partial charge in [0.2, 0.25) is 5.91 Å². The van der Waals surface area contributed by atoms with Crippen molar-refractivity contribution in [3.05, 3.63) is 28.5 Å². The molecular weight excluding hydrogens is 300 g/mol. The van der Waals surface area contributed by atoms with Gasteiger partial charge in [-0.05, 0) is 40.4 Å². The number of pyridine rings is 1. The van der Waals surface area contributed by atoms with Crippen LogP contribution in [0.2, 0.25) is 0 Å². The molecule has 0 saturated heterocycles. The molecule has 1 atom stereocenters. The van der Waals surface area contributed by atoms with Crippen molar-refractivity contribution in [1.82, 2.24) is 10.3 Å². The lowest BCUT2D eigenvalue weighted by molar-refractivity contribution is -0.137. The van der Waals surface area contributed by atoms with E-state index in [4.69, 9.17) is 5.11 Å². The molecule has 0 aliphatic carbocycles. The minimum absolute atomic E-state index is 0.0341. The Bertz CT molecular complexity index is 437. The fraction of sp³-hybridized carbons (Fsp3) is 0.417. The van der Waals surface area contributed by atoms with E-state index < -0.39 is 5.97 Å². The summed E-state index contributed by atoms with van der Waals surface area (Å²) >= 11 is 3.32. The monoisotopic (exact) mass is 314 g/mol. The van der Waals surface area contributed by atoms with Crippen molar-refractivity contribution in [3.8, 4) is 0 Å². The number of hydrogen-bond acceptors (Lipinski definition) is 3. The van der Waals surface area contributed by atoms with Gasteiger partial charge >= 0.3 is 5.97 Å². The van der Waals surface area contributed by atoms with Crippen molar-refractivity contribution in [1.29, 1.82) is 0 Å². The van der Waals surface area contributed by atoms with Crippen LogP contribution in [0.4, 0.5) is 0 Å². The predicted octanol–water partition coefficient (Wildman–Crippen LogP) is 1.76. The van der Waals surface area contributed by atoms with Gasteiger partial charge in [-0.3, -0.25) is 14.6 Å². The number of nitrogens with zero attached hydrogens (tertiary/aromatic N) is 1. The van der Waals surface area contributed by atoms with Crippen LogP contribution in [0.3, 0.4) is 0 Å². The number of amides is 1. The van der Waals surface area contributed by atoms with Gasteiger partial charge in [0.15, 0.2) is 0 Å². The molecule has 18 heavy (non-hydrogen) atoms. The van der Waals surface area contributed by atoms with E-state index >= 15 is 0 Å². The molecule has 0 spiro atoms. The third kappa shape index (κ3) is 5.77. The molecule has 1 amide bonds. The standard InChI is InChI=1S/C12H15BrN2O3/c1-8(16)15-11(2-3-12(17)18)5-9-4-10(13)7-14-6-9/h4,6-7,11H,2-3,5H2,1H3,(H,15,16)(H,17,18). The molecule has 0 aliphatic rings. The Hall–Kier alpha value is -1.43. The Morgan fingerprint density at radius 1 is 1.50 bits per heavy atom. The normalized spacial score (nSPS) is 11.9. The number of carbonyl (C=O) groups excluding carboxylic acids is 1. The second-order valence-electron chi connectivity index (χ2n) is 4.05. The number of aliphatic carboxylic acids is 1. The Kier molecular flexibility index (Phi) is 5.77. The highest BCUT2D eigenvalue weighted by Gasteiger charge is 2.13. The summed E-state index contributed by atoms with van der Waals surface area (Å²) in [6, 6.07) is 1.72. The molecule has 0 radical (unpaired) electrons. The van der Waals surface area contributed by atoms with Crippen LogP contribution in [0, 0.1) is 0 Å². The average molecular weight is 315 g/mol. The van der Waals surface area contributed by atoms with E-state index in [2.05, 4.69) is 26.2 Å². The number of carboxylic acid groups (broad SMARTS) is 1. The summed E-state index contributed by atoms with van der Waals surface area (Å²) in [4.78, 5) is 25.7. The van der Waals surface area contributed by atoms with Crippen molar-refractivity contribution in [2.45, 2.75) is 32.2 Å². The van der Waals surface area contributed by atoms with Crippen LogP contribution in [-0.4, -0.2) is 28.0 Å². The van der Waals surface area contributed by atoms with Crippen molar-refractivity contribution < 1.29 is 14.7 Å². The van der Waals surface area contributed by atoms with Crippen molar-refractivity contribution in [2.75, 3.05) is 0 Å². The summed E-state index contributed by atoms with van der Waals surface area (Å²) in [6.07, 6.45) is 4.39. The van der Waals surface area contributed by atoms with Gasteiger partial charge in [-0.25, -0.2) is 0 Å². The maximum Gasteiger partial charge on any atom is 0.303 e. The summed E-state index contributed by atoms with van der Waals surface area (Å²) in [5.74, 6) is -1.02. The van der Waals surface area contributed by atoms with Gasteiger partial charge < -0.3 is 10.4 Å². The average Bonchev–Trinajstić information content (AvgIpc) is 2.25. The SMILES string of the molecule is CC(=O)NC(CCC(=O)O)Cc1cncc(Br)c1. The molecular formula is C12H15BrN2O3. The van der Waals surface area contributed by atoms with E-state index in [0.717, 1.165) is 10.0 Å². The topological polar surface area (TPSA) is 79.3 Å². The smallest absolute Gasteiger partial charge is 0.303 e. The number of rotatable bonds is 6. The molecule has 0 aromatic carbocycles. The lowest BCUT2D eigenvalue weighted by Crippen LogP contribution is -2.35. The number of carbonyl (C=O) groups is 2. The molecule has 0 fully saturated rings. The summed E-state index contributed by atoms with van der Waals surface area (Å²) in [5.41, 5.74) is 0.952. The molecule has 6 heteroatoms. The first-order valence-corrected chi connectivity index (χ1v) is 6.35. The first-order chi connectivity index (χ1) is 8.47. The first-order valence-electron chi connectivity index (χ1n) is 5.55. The van der Waals surface area contributed by atoms with Gasteiger partial charge in [0.1, 0.15) is 0 Å². The fourth-order valence-corrected chi connectivity index (χ4v) is 2.07. The fourth-order valence-electron chi connectivity index (χ4n) is 1.66. The first kappa shape index (κ1) is 14.6. The second-order valence-corrected chi connectivity index (χ2v) is 4.96. The maximum atomic E-state index is 11.1. The third-order valence-electron chi connectivity index (χ3n) is 2.36. The zero-order valence-corrected chi connectivity index (χ0v) is 11.6. The van der Waals surface area contributed by atoms with E-state index in [1.807, 2.05) is 6.07 Å². The quantitative estimate of drug-likeness (QED) is 0.838. The van der Waals surface area contributed by atoms with Gasteiger partial charge in [-0.15, -0.1) is 0 Å². The summed E-state index contributed by atoms with van der Waals surface area (Å²) in [6.45, 7) is 1.42. The molecule has 1 rings (SSSR count). The minimum atomic E-state index is -0.863. The lowest BCUT2D eigenvalue weighted by atomic mass is 10.0. The van der Waals surface area contributed by atoms with Crippen molar-refractivity contribution >= 4 is 27.8 Å². The van der Waals surface area contributed by atoms with Crippen LogP contribution in [0.1, 0.15) is 25.3 Å². The van der Waals surface area contributed by atoms with Gasteiger partial charge in [-0.1, -0.05) is 0 Å². The van der Waals surface area contributed by atoms with Gasteiger partial charge in [0, 0.05) is 36.3 Å². The van der Waals surface area contributed by atoms with Gasteiger partial charge in [0.05, 0.1) is 0 Å². The highest BCUT2D eigenvalue weighted by molar-refractivity contribution is 9.10. The number of carboxylic acids is 1. The van der Waals surface area contributed by atoms with E-state index in [9.17, 15) is 9.59 Å². The molecule has 0 aliphatic heterocycles. The van der Waals surface area contributed by atoms with Crippen LogP contribution in [0.25, 0.3) is 0 Å². The van der Waals surface area contributed by atoms with Crippen molar-refractivity contribution in [2.24, 2.45) is 0 Å². The lowest BCUT2D eigenvalue weighted by Gasteiger charge is -2.17. The second kappa shape index (κ2) is 7.10. The van der Waals surface area contributed by atoms with E-state index in [0.29, 0.717) is 12.8 Å². The van der Waals surface area contributed by atoms with Crippen LogP contribution < -0.4 is 5.32 Å². The largest absolute Gasteiger partial charge is 0.481 e. The summed E-state index contributed by atoms with van der Waals surface area (Å²) in [5, 5.41) is 11.4. The molecule has 98 valence electrons. The Morgan fingerprint density at radius 2 is 2.22 bits per heavy atom. The van der Waals surface area contributed by atoms with Gasteiger partial charge in [-0.2, -0.15) is 0 Å². The third-order valence-corrected chi connectivity index (χ3v) is 2.79. The molecule has 0 bridgehead atoms. The van der Waals surface area contributed by atoms with E-state index in [-0.39, 0.29) is 18.4 Å². The zero-order chi connectivity index (χ0) is 13.5. The molecule has 5 nitrogen and oxygen atoms in total. The van der Waals surface area contributed by atoms with Gasteiger partial charge in [0.25, 0.3) is 0 Å². The van der Waals surface area contributed by atoms with Crippen molar-refractivity contribution in [3.63, 3.8) is 0 Å². The minimum Gasteiger partial charge on any atom is -0.481 e. The number of aromatic nitrogens is 1. The number of halogens is 1. The van der Waals surface area contributed by atoms with E-state index in [1.165, 1.54) is 6.92 Å². The number of nitrogens with one attached hydrogen (secondary N) is 1. The molecule has 1 unspecified atom stereocenters. The predicted molar refractivity (Wildman–Crippen MR) is 70.1 cm³/mol. The Labute approximate surface area is 114 Å². The molecule has 1 aromatic heterocycles. The number of hydrogen-bond donors (Lipinski definition) is 2. The van der Waals surface area contributed by atoms with Crippen LogP contribution in [0.15, 0.2) is 22.9 Å².